The van der Waals surface area contributed by atoms with Crippen LogP contribution < -0.4 is 5.32 Å². The SMILES string of the molecule is C[C@@H](OC(=O)/C=C/c1ccc(C(F)(F)F)cc1)C(=O)N[C@@H]1CCS(=O)(=O)C1. The molecule has 27 heavy (non-hydrogen) atoms. The van der Waals surface area contributed by atoms with Crippen LogP contribution in [0.2, 0.25) is 0 Å². The average molecular weight is 405 g/mol. The number of sulfone groups is 1. The lowest BCUT2D eigenvalue weighted by molar-refractivity contribution is -0.150. The molecule has 6 nitrogen and oxygen atoms in total. The Bertz CT molecular complexity index is 831. The Balaban J connectivity index is 1.85. The Morgan fingerprint density at radius 1 is 1.26 bits per heavy atom. The number of alkyl halides is 3. The molecule has 1 fully saturated rings. The summed E-state index contributed by atoms with van der Waals surface area (Å²) in [5.74, 6) is -1.61. The van der Waals surface area contributed by atoms with Gasteiger partial charge in [0.15, 0.2) is 15.9 Å². The number of hydrogen-bond acceptors (Lipinski definition) is 5. The van der Waals surface area contributed by atoms with Crippen molar-refractivity contribution in [1.82, 2.24) is 5.32 Å². The summed E-state index contributed by atoms with van der Waals surface area (Å²) >= 11 is 0. The van der Waals surface area contributed by atoms with Gasteiger partial charge in [-0.3, -0.25) is 4.79 Å². The van der Waals surface area contributed by atoms with E-state index in [1.54, 1.807) is 0 Å². The highest BCUT2D eigenvalue weighted by atomic mass is 32.2. The molecular weight excluding hydrogens is 387 g/mol. The number of nitrogens with one attached hydrogen (secondary N) is 1. The molecular formula is C17H18F3NO5S. The minimum atomic E-state index is -4.44. The maximum absolute atomic E-state index is 12.5. The standard InChI is InChI=1S/C17H18F3NO5S/c1-11(16(23)21-14-8-9-27(24,25)10-14)26-15(22)7-4-12-2-5-13(6-3-12)17(18,19)20/h2-7,11,14H,8-10H2,1H3,(H,21,23)/b7-4+/t11-,14-/m1/s1. The first-order chi connectivity index (χ1) is 12.5. The largest absolute Gasteiger partial charge is 0.449 e. The maximum atomic E-state index is 12.5. The number of rotatable bonds is 5. The van der Waals surface area contributed by atoms with E-state index in [1.807, 2.05) is 0 Å². The molecule has 1 aromatic rings. The van der Waals surface area contributed by atoms with Gasteiger partial charge in [-0.2, -0.15) is 13.2 Å². The molecule has 1 heterocycles. The van der Waals surface area contributed by atoms with E-state index in [0.29, 0.717) is 12.0 Å². The Morgan fingerprint density at radius 2 is 1.89 bits per heavy atom. The molecule has 148 valence electrons. The summed E-state index contributed by atoms with van der Waals surface area (Å²) in [4.78, 5) is 23.7. The first kappa shape index (κ1) is 20.9. The molecule has 0 spiro atoms. The van der Waals surface area contributed by atoms with Crippen LogP contribution in [0.5, 0.6) is 0 Å². The van der Waals surface area contributed by atoms with Gasteiger partial charge in [0.25, 0.3) is 5.91 Å². The third kappa shape index (κ3) is 6.38. The van der Waals surface area contributed by atoms with Gasteiger partial charge in [-0.25, -0.2) is 13.2 Å². The molecule has 1 N–H and O–H groups in total. The van der Waals surface area contributed by atoms with Crippen LogP contribution in [0.25, 0.3) is 6.08 Å². The first-order valence-corrected chi connectivity index (χ1v) is 9.85. The number of halogens is 3. The van der Waals surface area contributed by atoms with E-state index in [9.17, 15) is 31.2 Å². The third-order valence-corrected chi connectivity index (χ3v) is 5.66. The second-order valence-electron chi connectivity index (χ2n) is 6.14. The van der Waals surface area contributed by atoms with Gasteiger partial charge in [-0.1, -0.05) is 12.1 Å². The van der Waals surface area contributed by atoms with Gasteiger partial charge in [-0.15, -0.1) is 0 Å². The smallest absolute Gasteiger partial charge is 0.416 e. The van der Waals surface area contributed by atoms with Gasteiger partial charge in [0.05, 0.1) is 17.1 Å². The Kier molecular flexibility index (Phi) is 6.30. The molecule has 2 atom stereocenters. The molecule has 2 rings (SSSR count). The molecule has 0 radical (unpaired) electrons. The zero-order chi connectivity index (χ0) is 20.2. The van der Waals surface area contributed by atoms with Crippen molar-refractivity contribution < 1.29 is 35.9 Å². The van der Waals surface area contributed by atoms with Crippen molar-refractivity contribution in [2.45, 2.75) is 31.7 Å². The molecule has 1 aliphatic rings. The molecule has 1 amide bonds. The van der Waals surface area contributed by atoms with E-state index >= 15 is 0 Å². The van der Waals surface area contributed by atoms with Crippen LogP contribution in [-0.2, 0) is 30.3 Å². The van der Waals surface area contributed by atoms with Gasteiger partial charge in [0, 0.05) is 12.1 Å². The number of ether oxygens (including phenoxy) is 1. The predicted octanol–water partition coefficient (Wildman–Crippen LogP) is 1.95. The molecule has 1 aromatic carbocycles. The van der Waals surface area contributed by atoms with E-state index < -0.39 is 45.6 Å². The van der Waals surface area contributed by atoms with Crippen molar-refractivity contribution in [2.24, 2.45) is 0 Å². The summed E-state index contributed by atoms with van der Waals surface area (Å²) in [6, 6.07) is 3.66. The van der Waals surface area contributed by atoms with Gasteiger partial charge in [0.1, 0.15) is 0 Å². The van der Waals surface area contributed by atoms with E-state index in [2.05, 4.69) is 5.32 Å². The fourth-order valence-corrected chi connectivity index (χ4v) is 4.12. The summed E-state index contributed by atoms with van der Waals surface area (Å²) in [6.07, 6.45) is -3.02. The van der Waals surface area contributed by atoms with Crippen molar-refractivity contribution >= 4 is 27.8 Å². The lowest BCUT2D eigenvalue weighted by atomic mass is 10.1. The molecule has 0 unspecified atom stereocenters. The summed E-state index contributed by atoms with van der Waals surface area (Å²) < 4.78 is 65.1. The number of carbonyl (C=O) groups excluding carboxylic acids is 2. The second kappa shape index (κ2) is 8.12. The summed E-state index contributed by atoms with van der Waals surface area (Å²) in [5, 5.41) is 2.51. The highest BCUT2D eigenvalue weighted by molar-refractivity contribution is 7.91. The monoisotopic (exact) mass is 405 g/mol. The quantitative estimate of drug-likeness (QED) is 0.598. The van der Waals surface area contributed by atoms with Crippen molar-refractivity contribution in [2.75, 3.05) is 11.5 Å². The number of benzene rings is 1. The predicted molar refractivity (Wildman–Crippen MR) is 91.2 cm³/mol. The molecule has 0 bridgehead atoms. The normalized spacial score (nSPS) is 20.4. The lowest BCUT2D eigenvalue weighted by Gasteiger charge is -2.15. The molecule has 0 saturated carbocycles. The second-order valence-corrected chi connectivity index (χ2v) is 8.37. The zero-order valence-electron chi connectivity index (χ0n) is 14.3. The van der Waals surface area contributed by atoms with Crippen LogP contribution in [-0.4, -0.2) is 43.9 Å². The van der Waals surface area contributed by atoms with Gasteiger partial charge in [-0.05, 0) is 37.1 Å². The van der Waals surface area contributed by atoms with Crippen molar-refractivity contribution in [3.8, 4) is 0 Å². The van der Waals surface area contributed by atoms with Crippen LogP contribution in [0.3, 0.4) is 0 Å². The van der Waals surface area contributed by atoms with Gasteiger partial charge < -0.3 is 10.1 Å². The van der Waals surface area contributed by atoms with E-state index in [-0.39, 0.29) is 11.5 Å². The minimum Gasteiger partial charge on any atom is -0.449 e. The van der Waals surface area contributed by atoms with Crippen LogP contribution in [0, 0.1) is 0 Å². The van der Waals surface area contributed by atoms with Crippen LogP contribution in [0.15, 0.2) is 30.3 Å². The molecule has 0 aliphatic carbocycles. The van der Waals surface area contributed by atoms with E-state index in [1.165, 1.54) is 25.1 Å². The number of amides is 1. The zero-order valence-corrected chi connectivity index (χ0v) is 15.1. The fourth-order valence-electron chi connectivity index (χ4n) is 2.44. The molecule has 1 saturated heterocycles. The van der Waals surface area contributed by atoms with Crippen LogP contribution in [0.1, 0.15) is 24.5 Å². The van der Waals surface area contributed by atoms with E-state index in [4.69, 9.17) is 4.74 Å². The fraction of sp³-hybridized carbons (Fsp3) is 0.412. The number of carbonyl (C=O) groups is 2. The summed E-state index contributed by atoms with van der Waals surface area (Å²) in [5.41, 5.74) is -0.449. The summed E-state index contributed by atoms with van der Waals surface area (Å²) in [7, 11) is -3.15. The Morgan fingerprint density at radius 3 is 2.41 bits per heavy atom. The number of hydrogen-bond donors (Lipinski definition) is 1. The molecule has 0 aromatic heterocycles. The van der Waals surface area contributed by atoms with Crippen molar-refractivity contribution in [3.05, 3.63) is 41.5 Å². The number of esters is 1. The minimum absolute atomic E-state index is 0.00197. The highest BCUT2D eigenvalue weighted by Crippen LogP contribution is 2.29. The highest BCUT2D eigenvalue weighted by Gasteiger charge is 2.31. The molecule has 10 heteroatoms. The first-order valence-electron chi connectivity index (χ1n) is 8.03. The van der Waals surface area contributed by atoms with Crippen molar-refractivity contribution in [1.29, 1.82) is 0 Å². The average Bonchev–Trinajstić information content (AvgIpc) is 2.91. The summed E-state index contributed by atoms with van der Waals surface area (Å²) in [6.45, 7) is 1.34. The van der Waals surface area contributed by atoms with Gasteiger partial charge in [0.2, 0.25) is 0 Å². The Labute approximate surface area is 154 Å². The maximum Gasteiger partial charge on any atom is 0.416 e. The molecule has 1 aliphatic heterocycles. The topological polar surface area (TPSA) is 89.5 Å². The lowest BCUT2D eigenvalue weighted by Crippen LogP contribution is -2.42. The van der Waals surface area contributed by atoms with Crippen molar-refractivity contribution in [3.63, 3.8) is 0 Å². The van der Waals surface area contributed by atoms with Gasteiger partial charge >= 0.3 is 12.1 Å². The van der Waals surface area contributed by atoms with Crippen LogP contribution in [0.4, 0.5) is 13.2 Å². The van der Waals surface area contributed by atoms with E-state index in [0.717, 1.165) is 18.2 Å². The third-order valence-electron chi connectivity index (χ3n) is 3.89. The van der Waals surface area contributed by atoms with Crippen LogP contribution >= 0.6 is 0 Å². The Hall–Kier alpha value is -2.36.